The van der Waals surface area contributed by atoms with Crippen molar-refractivity contribution in [1.29, 1.82) is 0 Å². The Bertz CT molecular complexity index is 395. The molecular weight excluding hydrogens is 276 g/mol. The molecule has 0 bridgehead atoms. The zero-order valence-electron chi connectivity index (χ0n) is 11.0. The highest BCUT2D eigenvalue weighted by Gasteiger charge is 2.17. The van der Waals surface area contributed by atoms with Gasteiger partial charge < -0.3 is 15.8 Å². The molecule has 0 aliphatic heterocycles. The molecule has 1 amide bonds. The number of hydrogen-bond acceptors (Lipinski definition) is 7. The number of amides is 1. The third-order valence-corrected chi connectivity index (χ3v) is 3.41. The number of methoxy groups -OCH3 is 1. The van der Waals surface area contributed by atoms with Gasteiger partial charge in [-0.3, -0.25) is 13.8 Å². The van der Waals surface area contributed by atoms with Gasteiger partial charge in [-0.05, 0) is 12.8 Å². The molecule has 0 aliphatic rings. The molecule has 0 radical (unpaired) electrons. The summed E-state index contributed by atoms with van der Waals surface area (Å²) in [6.45, 7) is 1.59. The summed E-state index contributed by atoms with van der Waals surface area (Å²) in [5.74, 6) is -0.964. The first-order chi connectivity index (χ1) is 8.76. The molecule has 0 aromatic carbocycles. The van der Waals surface area contributed by atoms with Gasteiger partial charge in [-0.25, -0.2) is 0 Å². The third kappa shape index (κ3) is 10.4. The van der Waals surface area contributed by atoms with Crippen LogP contribution in [0.3, 0.4) is 0 Å². The molecule has 19 heavy (non-hydrogen) atoms. The predicted octanol–water partition coefficient (Wildman–Crippen LogP) is -0.903. The number of rotatable bonds is 9. The molecule has 0 heterocycles. The molecule has 1 unspecified atom stereocenters. The Hall–Kier alpha value is -1.19. The van der Waals surface area contributed by atoms with Gasteiger partial charge in [0.1, 0.15) is 6.23 Å². The van der Waals surface area contributed by atoms with E-state index in [2.05, 4.69) is 14.2 Å². The molecule has 0 saturated heterocycles. The second-order valence-electron chi connectivity index (χ2n) is 3.85. The molecular formula is C10H20N2O6S. The lowest BCUT2D eigenvalue weighted by atomic mass is 10.3. The van der Waals surface area contributed by atoms with E-state index in [1.54, 1.807) is 0 Å². The van der Waals surface area contributed by atoms with Gasteiger partial charge in [0.2, 0.25) is 5.91 Å². The zero-order valence-corrected chi connectivity index (χ0v) is 11.9. The molecule has 0 saturated carbocycles. The summed E-state index contributed by atoms with van der Waals surface area (Å²) in [5.41, 5.74) is 5.44. The monoisotopic (exact) mass is 296 g/mol. The van der Waals surface area contributed by atoms with E-state index >= 15 is 0 Å². The average molecular weight is 296 g/mol. The van der Waals surface area contributed by atoms with Crippen LogP contribution in [0.5, 0.6) is 0 Å². The number of ether oxygens (including phenoxy) is 1. The molecule has 9 heteroatoms. The van der Waals surface area contributed by atoms with Crippen LogP contribution in [0.2, 0.25) is 0 Å². The van der Waals surface area contributed by atoms with Crippen LogP contribution in [-0.4, -0.2) is 45.9 Å². The lowest BCUT2D eigenvalue weighted by molar-refractivity contribution is -0.141. The van der Waals surface area contributed by atoms with E-state index in [1.807, 2.05) is 0 Å². The number of carbonyl (C=O) groups is 2. The molecule has 1 atom stereocenters. The van der Waals surface area contributed by atoms with Gasteiger partial charge in [-0.2, -0.15) is 8.42 Å². The fraction of sp³-hybridized carbons (Fsp3) is 0.800. The van der Waals surface area contributed by atoms with Crippen molar-refractivity contribution in [3.63, 3.8) is 0 Å². The molecule has 112 valence electrons. The van der Waals surface area contributed by atoms with Gasteiger partial charge in [0.15, 0.2) is 0 Å². The van der Waals surface area contributed by atoms with E-state index in [0.29, 0.717) is 0 Å². The fourth-order valence-electron chi connectivity index (χ4n) is 1.16. The Labute approximate surface area is 112 Å². The van der Waals surface area contributed by atoms with E-state index < -0.39 is 22.3 Å². The summed E-state index contributed by atoms with van der Waals surface area (Å²) in [6, 6.07) is 0. The summed E-state index contributed by atoms with van der Waals surface area (Å²) >= 11 is 0. The van der Waals surface area contributed by atoms with Crippen molar-refractivity contribution in [3.05, 3.63) is 0 Å². The summed E-state index contributed by atoms with van der Waals surface area (Å²) in [4.78, 5) is 21.4. The molecule has 0 spiro atoms. The Morgan fingerprint density at radius 2 is 2.00 bits per heavy atom. The normalized spacial score (nSPS) is 12.8. The molecule has 0 rings (SSSR count). The van der Waals surface area contributed by atoms with Crippen molar-refractivity contribution in [2.45, 2.75) is 32.4 Å². The maximum atomic E-state index is 11.5. The Morgan fingerprint density at radius 1 is 1.37 bits per heavy atom. The Morgan fingerprint density at radius 3 is 2.53 bits per heavy atom. The smallest absolute Gasteiger partial charge is 0.305 e. The van der Waals surface area contributed by atoms with Crippen LogP contribution in [0.25, 0.3) is 0 Å². The van der Waals surface area contributed by atoms with E-state index in [9.17, 15) is 18.0 Å². The predicted molar refractivity (Wildman–Crippen MR) is 67.4 cm³/mol. The van der Waals surface area contributed by atoms with Crippen LogP contribution in [0.4, 0.5) is 0 Å². The van der Waals surface area contributed by atoms with Crippen molar-refractivity contribution in [1.82, 2.24) is 5.32 Å². The van der Waals surface area contributed by atoms with Gasteiger partial charge in [-0.15, -0.1) is 0 Å². The van der Waals surface area contributed by atoms with E-state index in [-0.39, 0.29) is 37.5 Å². The number of hydrogen-bond donors (Lipinski definition) is 2. The second-order valence-corrected chi connectivity index (χ2v) is 5.56. The Kier molecular flexibility index (Phi) is 8.28. The summed E-state index contributed by atoms with van der Waals surface area (Å²) in [6.07, 6.45) is -0.813. The molecule has 8 nitrogen and oxygen atoms in total. The van der Waals surface area contributed by atoms with E-state index in [0.717, 1.165) is 0 Å². The zero-order chi connectivity index (χ0) is 14.9. The van der Waals surface area contributed by atoms with Gasteiger partial charge in [-0.1, -0.05) is 0 Å². The minimum atomic E-state index is -3.76. The van der Waals surface area contributed by atoms with Crippen molar-refractivity contribution in [3.8, 4) is 0 Å². The van der Waals surface area contributed by atoms with Crippen LogP contribution in [0, 0.1) is 0 Å². The lowest BCUT2D eigenvalue weighted by Crippen LogP contribution is -2.30. The van der Waals surface area contributed by atoms with Crippen molar-refractivity contribution in [2.75, 3.05) is 19.4 Å². The summed E-state index contributed by atoms with van der Waals surface area (Å²) < 4.78 is 32.0. The molecule has 0 aromatic rings. The van der Waals surface area contributed by atoms with E-state index in [4.69, 9.17) is 5.73 Å². The highest BCUT2D eigenvalue weighted by atomic mass is 32.2. The quantitative estimate of drug-likeness (QED) is 0.244. The first-order valence-corrected chi connectivity index (χ1v) is 7.32. The topological polar surface area (TPSA) is 125 Å². The van der Waals surface area contributed by atoms with Gasteiger partial charge >= 0.3 is 5.97 Å². The molecule has 0 aromatic heterocycles. The minimum absolute atomic E-state index is 0.0148. The first kappa shape index (κ1) is 17.8. The van der Waals surface area contributed by atoms with Crippen LogP contribution in [0.15, 0.2) is 0 Å². The maximum absolute atomic E-state index is 11.5. The van der Waals surface area contributed by atoms with Crippen molar-refractivity contribution >= 4 is 22.0 Å². The maximum Gasteiger partial charge on any atom is 0.305 e. The number of nitrogens with one attached hydrogen (secondary N) is 1. The van der Waals surface area contributed by atoms with Crippen LogP contribution < -0.4 is 11.1 Å². The minimum Gasteiger partial charge on any atom is -0.469 e. The SMILES string of the molecule is COC(=O)CCC(N)OS(=O)(=O)CCCNC(C)=O. The van der Waals surface area contributed by atoms with Gasteiger partial charge in [0.05, 0.1) is 12.9 Å². The van der Waals surface area contributed by atoms with E-state index in [1.165, 1.54) is 14.0 Å². The van der Waals surface area contributed by atoms with Gasteiger partial charge in [0.25, 0.3) is 10.1 Å². The Balaban J connectivity index is 3.94. The van der Waals surface area contributed by atoms with Crippen LogP contribution >= 0.6 is 0 Å². The summed E-state index contributed by atoms with van der Waals surface area (Å²) in [7, 11) is -2.53. The van der Waals surface area contributed by atoms with Crippen LogP contribution in [-0.2, 0) is 28.6 Å². The number of nitrogens with two attached hydrogens (primary N) is 1. The third-order valence-electron chi connectivity index (χ3n) is 2.08. The second kappa shape index (κ2) is 8.83. The summed E-state index contributed by atoms with van der Waals surface area (Å²) in [5, 5.41) is 2.47. The number of carbonyl (C=O) groups excluding carboxylic acids is 2. The average Bonchev–Trinajstić information content (AvgIpc) is 2.31. The largest absolute Gasteiger partial charge is 0.469 e. The van der Waals surface area contributed by atoms with Crippen molar-refractivity contribution < 1.29 is 26.9 Å². The van der Waals surface area contributed by atoms with Crippen LogP contribution in [0.1, 0.15) is 26.2 Å². The molecule has 0 aliphatic carbocycles. The standard InChI is InChI=1S/C10H20N2O6S/c1-8(13)12-6-3-7-19(15,16)18-9(11)4-5-10(14)17-2/h9H,3-7,11H2,1-2H3,(H,12,13). The highest BCUT2D eigenvalue weighted by molar-refractivity contribution is 7.86. The molecule has 3 N–H and O–H groups in total. The first-order valence-electron chi connectivity index (χ1n) is 5.74. The fourth-order valence-corrected chi connectivity index (χ4v) is 2.23. The lowest BCUT2D eigenvalue weighted by Gasteiger charge is -2.12. The van der Waals surface area contributed by atoms with Crippen molar-refractivity contribution in [2.24, 2.45) is 5.73 Å². The number of esters is 1. The highest BCUT2D eigenvalue weighted by Crippen LogP contribution is 2.04. The molecule has 0 fully saturated rings. The van der Waals surface area contributed by atoms with Gasteiger partial charge in [0, 0.05) is 19.9 Å².